The van der Waals surface area contributed by atoms with Gasteiger partial charge >= 0.3 is 0 Å². The predicted octanol–water partition coefficient (Wildman–Crippen LogP) is 3.69. The first-order chi connectivity index (χ1) is 11.3. The van der Waals surface area contributed by atoms with Gasteiger partial charge < -0.3 is 5.11 Å². The molecule has 0 heterocycles. The summed E-state index contributed by atoms with van der Waals surface area (Å²) in [6, 6.07) is 0. The van der Waals surface area contributed by atoms with Gasteiger partial charge in [-0.25, -0.2) is 0 Å². The Labute approximate surface area is 144 Å². The third kappa shape index (κ3) is 1.94. The third-order valence-electron chi connectivity index (χ3n) is 8.63. The van der Waals surface area contributed by atoms with Crippen LogP contribution in [0.3, 0.4) is 0 Å². The molecule has 0 aliphatic heterocycles. The Morgan fingerprint density at radius 3 is 2.62 bits per heavy atom. The van der Waals surface area contributed by atoms with E-state index in [9.17, 15) is 14.7 Å². The van der Waals surface area contributed by atoms with E-state index in [0.717, 1.165) is 25.7 Å². The van der Waals surface area contributed by atoms with Crippen LogP contribution >= 0.6 is 0 Å². The van der Waals surface area contributed by atoms with E-state index < -0.39 is 0 Å². The Kier molecular flexibility index (Phi) is 3.62. The van der Waals surface area contributed by atoms with Crippen LogP contribution in [-0.2, 0) is 9.59 Å². The van der Waals surface area contributed by atoms with Gasteiger partial charge in [-0.05, 0) is 72.7 Å². The summed E-state index contributed by atoms with van der Waals surface area (Å²) in [5.74, 6) is 1.59. The van der Waals surface area contributed by atoms with E-state index in [1.165, 1.54) is 18.4 Å². The Balaban J connectivity index is 1.73. The molecule has 3 saturated carbocycles. The molecule has 7 atom stereocenters. The van der Waals surface area contributed by atoms with Crippen molar-refractivity contribution in [2.75, 3.05) is 0 Å². The average Bonchev–Trinajstić information content (AvgIpc) is 2.88. The normalized spacial score (nSPS) is 50.8. The number of carbonyl (C=O) groups excluding carboxylic acids is 2. The van der Waals surface area contributed by atoms with Crippen LogP contribution in [0.4, 0.5) is 0 Å². The highest BCUT2D eigenvalue weighted by atomic mass is 16.3. The summed E-state index contributed by atoms with van der Waals surface area (Å²) >= 11 is 0. The first-order valence-electron chi connectivity index (χ1n) is 9.78. The highest BCUT2D eigenvalue weighted by Crippen LogP contribution is 2.66. The molecule has 3 fully saturated rings. The van der Waals surface area contributed by atoms with Crippen LogP contribution in [-0.4, -0.2) is 22.8 Å². The van der Waals surface area contributed by atoms with Crippen molar-refractivity contribution in [1.82, 2.24) is 0 Å². The summed E-state index contributed by atoms with van der Waals surface area (Å²) in [4.78, 5) is 24.0. The van der Waals surface area contributed by atoms with Crippen LogP contribution in [0.1, 0.15) is 65.7 Å². The van der Waals surface area contributed by atoms with E-state index in [1.807, 2.05) is 0 Å². The highest BCUT2D eigenvalue weighted by Gasteiger charge is 2.62. The molecule has 4 aliphatic rings. The SMILES string of the molecule is CC[C@H]1CC[C@H]2[C@@H]3CCC4=CC(=O)C(=O)C[C@]4(C)[C@H]3CC(O)[C@]12C. The summed E-state index contributed by atoms with van der Waals surface area (Å²) in [7, 11) is 0. The molecule has 132 valence electrons. The minimum absolute atomic E-state index is 0.0436. The molecule has 0 aromatic heterocycles. The Bertz CT molecular complexity index is 621. The monoisotopic (exact) mass is 330 g/mol. The fourth-order valence-electron chi connectivity index (χ4n) is 7.22. The maximum absolute atomic E-state index is 12.1. The molecule has 0 amide bonds. The van der Waals surface area contributed by atoms with E-state index in [1.54, 1.807) is 6.08 Å². The maximum Gasteiger partial charge on any atom is 0.221 e. The number of aliphatic hydroxyl groups is 1. The molecule has 1 unspecified atom stereocenters. The molecule has 0 bridgehead atoms. The average molecular weight is 330 g/mol. The van der Waals surface area contributed by atoms with Gasteiger partial charge in [0.2, 0.25) is 11.6 Å². The highest BCUT2D eigenvalue weighted by molar-refractivity contribution is 6.42. The van der Waals surface area contributed by atoms with Gasteiger partial charge in [-0.2, -0.15) is 0 Å². The first-order valence-corrected chi connectivity index (χ1v) is 9.78. The van der Waals surface area contributed by atoms with Crippen LogP contribution in [0.15, 0.2) is 11.6 Å². The standard InChI is InChI=1S/C21H30O3/c1-4-12-6-8-15-14-7-5-13-9-17(22)18(23)11-20(13,2)16(14)10-19(24)21(12,15)3/h9,12,14-16,19,24H,4-8,10-11H2,1-3H3/t12-,14-,15-,16-,19?,20-,21+/m0/s1. The van der Waals surface area contributed by atoms with Crippen molar-refractivity contribution in [3.63, 3.8) is 0 Å². The van der Waals surface area contributed by atoms with E-state index >= 15 is 0 Å². The van der Waals surface area contributed by atoms with Gasteiger partial charge in [0.15, 0.2) is 0 Å². The zero-order chi connectivity index (χ0) is 17.3. The molecule has 0 aromatic rings. The largest absolute Gasteiger partial charge is 0.393 e. The van der Waals surface area contributed by atoms with Crippen LogP contribution in [0.5, 0.6) is 0 Å². The molecular formula is C21H30O3. The quantitative estimate of drug-likeness (QED) is 0.746. The van der Waals surface area contributed by atoms with Crippen molar-refractivity contribution in [3.05, 3.63) is 11.6 Å². The molecule has 0 saturated heterocycles. The number of rotatable bonds is 1. The molecule has 4 aliphatic carbocycles. The molecule has 3 heteroatoms. The van der Waals surface area contributed by atoms with Crippen molar-refractivity contribution in [3.8, 4) is 0 Å². The van der Waals surface area contributed by atoms with Crippen molar-refractivity contribution in [2.45, 2.75) is 71.8 Å². The van der Waals surface area contributed by atoms with Gasteiger partial charge in [0.1, 0.15) is 0 Å². The van der Waals surface area contributed by atoms with E-state index in [4.69, 9.17) is 0 Å². The number of Topliss-reactive ketones (excluding diaryl/α,β-unsaturated/α-hetero) is 1. The van der Waals surface area contributed by atoms with Gasteiger partial charge in [0.05, 0.1) is 6.10 Å². The summed E-state index contributed by atoms with van der Waals surface area (Å²) in [5.41, 5.74) is 1.01. The molecule has 0 radical (unpaired) electrons. The number of fused-ring (bicyclic) bond motifs is 5. The molecule has 1 N–H and O–H groups in total. The molecule has 3 nitrogen and oxygen atoms in total. The van der Waals surface area contributed by atoms with Crippen molar-refractivity contribution in [2.24, 2.45) is 34.5 Å². The van der Waals surface area contributed by atoms with Crippen molar-refractivity contribution >= 4 is 11.6 Å². The lowest BCUT2D eigenvalue weighted by atomic mass is 9.46. The fraction of sp³-hybridized carbons (Fsp3) is 0.810. The van der Waals surface area contributed by atoms with Crippen LogP contribution in [0.2, 0.25) is 0 Å². The Morgan fingerprint density at radius 1 is 1.17 bits per heavy atom. The minimum atomic E-state index is -0.311. The zero-order valence-electron chi connectivity index (χ0n) is 15.2. The number of carbonyl (C=O) groups is 2. The molecule has 24 heavy (non-hydrogen) atoms. The van der Waals surface area contributed by atoms with Gasteiger partial charge in [0.25, 0.3) is 0 Å². The second kappa shape index (κ2) is 5.27. The molecular weight excluding hydrogens is 300 g/mol. The number of hydrogen-bond acceptors (Lipinski definition) is 3. The fourth-order valence-corrected chi connectivity index (χ4v) is 7.22. The maximum atomic E-state index is 12.1. The second-order valence-electron chi connectivity index (χ2n) is 9.27. The minimum Gasteiger partial charge on any atom is -0.393 e. The lowest BCUT2D eigenvalue weighted by Crippen LogP contribution is -2.56. The summed E-state index contributed by atoms with van der Waals surface area (Å²) in [6.07, 6.45) is 8.18. The number of ketones is 2. The topological polar surface area (TPSA) is 54.4 Å². The van der Waals surface area contributed by atoms with E-state index in [2.05, 4.69) is 20.8 Å². The summed E-state index contributed by atoms with van der Waals surface area (Å²) in [6.45, 7) is 6.76. The number of aliphatic hydroxyl groups excluding tert-OH is 1. The predicted molar refractivity (Wildman–Crippen MR) is 92.3 cm³/mol. The molecule has 0 spiro atoms. The van der Waals surface area contributed by atoms with Gasteiger partial charge in [0, 0.05) is 6.42 Å². The van der Waals surface area contributed by atoms with Crippen LogP contribution in [0.25, 0.3) is 0 Å². The van der Waals surface area contributed by atoms with Gasteiger partial charge in [-0.3, -0.25) is 9.59 Å². The third-order valence-corrected chi connectivity index (χ3v) is 8.63. The van der Waals surface area contributed by atoms with Gasteiger partial charge in [-0.1, -0.05) is 32.8 Å². The van der Waals surface area contributed by atoms with Crippen LogP contribution < -0.4 is 0 Å². The second-order valence-corrected chi connectivity index (χ2v) is 9.27. The smallest absolute Gasteiger partial charge is 0.221 e. The molecule has 0 aromatic carbocycles. The van der Waals surface area contributed by atoms with E-state index in [0.29, 0.717) is 30.1 Å². The molecule has 4 rings (SSSR count). The number of allylic oxidation sites excluding steroid dienone is 1. The number of hydrogen-bond donors (Lipinski definition) is 1. The lowest BCUT2D eigenvalue weighted by Gasteiger charge is -2.59. The van der Waals surface area contributed by atoms with Crippen LogP contribution in [0, 0.1) is 34.5 Å². The van der Waals surface area contributed by atoms with Crippen molar-refractivity contribution in [1.29, 1.82) is 0 Å². The Hall–Kier alpha value is -0.960. The zero-order valence-corrected chi connectivity index (χ0v) is 15.2. The Morgan fingerprint density at radius 2 is 1.92 bits per heavy atom. The van der Waals surface area contributed by atoms with Gasteiger partial charge in [-0.15, -0.1) is 0 Å². The van der Waals surface area contributed by atoms with E-state index in [-0.39, 0.29) is 28.5 Å². The lowest BCUT2D eigenvalue weighted by molar-refractivity contribution is -0.146. The van der Waals surface area contributed by atoms with Crippen molar-refractivity contribution < 1.29 is 14.7 Å². The first kappa shape index (κ1) is 16.5. The summed E-state index contributed by atoms with van der Waals surface area (Å²) in [5, 5.41) is 11.1. The summed E-state index contributed by atoms with van der Waals surface area (Å²) < 4.78 is 0.